The van der Waals surface area contributed by atoms with Gasteiger partial charge in [0.1, 0.15) is 0 Å². The van der Waals surface area contributed by atoms with Gasteiger partial charge in [0.2, 0.25) is 15.9 Å². The molecule has 2 spiro atoms. The fourth-order valence-corrected chi connectivity index (χ4v) is 5.89. The van der Waals surface area contributed by atoms with Crippen LogP contribution in [0.5, 0.6) is 0 Å². The van der Waals surface area contributed by atoms with Gasteiger partial charge in [0.05, 0.1) is 11.7 Å². The first-order valence-electron chi connectivity index (χ1n) is 8.64. The molecule has 0 aliphatic carbocycles. The van der Waals surface area contributed by atoms with E-state index in [4.69, 9.17) is 0 Å². The fourth-order valence-electron chi connectivity index (χ4n) is 5.04. The average molecular weight is 343 g/mol. The molecule has 1 N–H and O–H groups in total. The number of carbonyl (C=O) groups is 1. The molecule has 0 unspecified atom stereocenters. The summed E-state index contributed by atoms with van der Waals surface area (Å²) in [4.78, 5) is 15.1. The number of hydrogen-bond acceptors (Lipinski definition) is 4. The third-order valence-corrected chi connectivity index (χ3v) is 7.38. The van der Waals surface area contributed by atoms with Crippen LogP contribution in [0.2, 0.25) is 0 Å². The summed E-state index contributed by atoms with van der Waals surface area (Å²) in [5.74, 6) is 0.763. The van der Waals surface area contributed by atoms with Gasteiger partial charge in [0.15, 0.2) is 0 Å². The number of hydrogen-bond donors (Lipinski definition) is 1. The molecular weight excluding hydrogens is 314 g/mol. The minimum absolute atomic E-state index is 0.0658. The molecule has 3 heterocycles. The normalized spacial score (nSPS) is 32.3. The van der Waals surface area contributed by atoms with Crippen molar-refractivity contribution < 1.29 is 13.2 Å². The Morgan fingerprint density at radius 2 is 1.83 bits per heavy atom. The monoisotopic (exact) mass is 343 g/mol. The van der Waals surface area contributed by atoms with Crippen LogP contribution in [0, 0.1) is 16.7 Å². The van der Waals surface area contributed by atoms with Crippen LogP contribution in [0.4, 0.5) is 0 Å². The van der Waals surface area contributed by atoms with Gasteiger partial charge < -0.3 is 10.2 Å². The van der Waals surface area contributed by atoms with E-state index in [9.17, 15) is 13.2 Å². The predicted octanol–water partition coefficient (Wildman–Crippen LogP) is 0.506. The van der Waals surface area contributed by atoms with E-state index in [0.717, 1.165) is 45.4 Å². The zero-order chi connectivity index (χ0) is 16.9. The highest BCUT2D eigenvalue weighted by atomic mass is 32.2. The van der Waals surface area contributed by atoms with Gasteiger partial charge in [0.25, 0.3) is 0 Å². The second kappa shape index (κ2) is 5.70. The van der Waals surface area contributed by atoms with Crippen LogP contribution in [-0.4, -0.2) is 69.1 Å². The first-order valence-corrected chi connectivity index (χ1v) is 10.5. The molecule has 3 rings (SSSR count). The van der Waals surface area contributed by atoms with Gasteiger partial charge >= 0.3 is 0 Å². The Morgan fingerprint density at radius 3 is 2.30 bits per heavy atom. The molecular formula is C16H29N3O3S. The van der Waals surface area contributed by atoms with E-state index < -0.39 is 10.0 Å². The summed E-state index contributed by atoms with van der Waals surface area (Å²) in [5.41, 5.74) is -0.380. The van der Waals surface area contributed by atoms with Crippen LogP contribution in [0.25, 0.3) is 0 Å². The highest BCUT2D eigenvalue weighted by Crippen LogP contribution is 2.56. The number of piperidine rings is 1. The molecule has 7 heteroatoms. The maximum absolute atomic E-state index is 12.7. The van der Waals surface area contributed by atoms with Crippen LogP contribution in [0.1, 0.15) is 33.1 Å². The third kappa shape index (κ3) is 2.81. The molecule has 1 amide bonds. The van der Waals surface area contributed by atoms with Crippen LogP contribution < -0.4 is 5.32 Å². The molecule has 3 fully saturated rings. The molecule has 0 bridgehead atoms. The minimum Gasteiger partial charge on any atom is -0.356 e. The highest BCUT2D eigenvalue weighted by molar-refractivity contribution is 7.88. The van der Waals surface area contributed by atoms with Crippen molar-refractivity contribution in [2.24, 2.45) is 16.7 Å². The van der Waals surface area contributed by atoms with Crippen LogP contribution in [0.15, 0.2) is 0 Å². The predicted molar refractivity (Wildman–Crippen MR) is 89.4 cm³/mol. The van der Waals surface area contributed by atoms with Crippen LogP contribution >= 0.6 is 0 Å². The second-order valence-corrected chi connectivity index (χ2v) is 10.1. The Balaban J connectivity index is 1.85. The van der Waals surface area contributed by atoms with Crippen molar-refractivity contribution in [3.8, 4) is 0 Å². The molecule has 6 nitrogen and oxygen atoms in total. The van der Waals surface area contributed by atoms with Gasteiger partial charge in [-0.3, -0.25) is 4.79 Å². The first-order chi connectivity index (χ1) is 10.7. The van der Waals surface area contributed by atoms with E-state index in [-0.39, 0.29) is 16.7 Å². The Kier molecular flexibility index (Phi) is 4.26. The summed E-state index contributed by atoms with van der Waals surface area (Å²) >= 11 is 0. The number of amides is 1. The van der Waals surface area contributed by atoms with Gasteiger partial charge in [-0.2, -0.15) is 0 Å². The quantitative estimate of drug-likeness (QED) is 0.810. The Labute approximate surface area is 139 Å². The average Bonchev–Trinajstić information content (AvgIpc) is 2.92. The maximum Gasteiger partial charge on any atom is 0.228 e. The van der Waals surface area contributed by atoms with E-state index in [1.165, 1.54) is 6.26 Å². The topological polar surface area (TPSA) is 69.7 Å². The van der Waals surface area contributed by atoms with Gasteiger partial charge in [-0.25, -0.2) is 12.7 Å². The zero-order valence-corrected chi connectivity index (χ0v) is 15.3. The van der Waals surface area contributed by atoms with Crippen molar-refractivity contribution in [3.63, 3.8) is 0 Å². The number of nitrogens with one attached hydrogen (secondary N) is 1. The van der Waals surface area contributed by atoms with Gasteiger partial charge in [0, 0.05) is 44.7 Å². The molecule has 0 saturated carbocycles. The van der Waals surface area contributed by atoms with Gasteiger partial charge in [-0.1, -0.05) is 13.8 Å². The summed E-state index contributed by atoms with van der Waals surface area (Å²) in [5, 5.41) is 3.04. The van der Waals surface area contributed by atoms with Gasteiger partial charge in [-0.15, -0.1) is 0 Å². The Bertz CT molecular complexity index is 581. The Morgan fingerprint density at radius 1 is 1.17 bits per heavy atom. The smallest absolute Gasteiger partial charge is 0.228 e. The van der Waals surface area contributed by atoms with E-state index in [0.29, 0.717) is 19.0 Å². The lowest BCUT2D eigenvalue weighted by Crippen LogP contribution is -2.53. The lowest BCUT2D eigenvalue weighted by molar-refractivity contribution is -0.133. The molecule has 0 aromatic carbocycles. The van der Waals surface area contributed by atoms with Crippen molar-refractivity contribution in [1.29, 1.82) is 0 Å². The van der Waals surface area contributed by atoms with E-state index in [2.05, 4.69) is 24.1 Å². The largest absolute Gasteiger partial charge is 0.356 e. The molecule has 0 aromatic heterocycles. The van der Waals surface area contributed by atoms with Crippen molar-refractivity contribution >= 4 is 15.9 Å². The third-order valence-electron chi connectivity index (χ3n) is 6.08. The molecule has 0 radical (unpaired) electrons. The summed E-state index contributed by atoms with van der Waals surface area (Å²) in [7, 11) is -3.13. The summed E-state index contributed by atoms with van der Waals surface area (Å²) < 4.78 is 25.2. The molecule has 1 atom stereocenters. The molecule has 0 aromatic rings. The molecule has 23 heavy (non-hydrogen) atoms. The number of fused-ring (bicyclic) bond motifs is 1. The highest BCUT2D eigenvalue weighted by Gasteiger charge is 2.63. The molecule has 3 aliphatic heterocycles. The molecule has 3 saturated heterocycles. The van der Waals surface area contributed by atoms with E-state index >= 15 is 0 Å². The van der Waals surface area contributed by atoms with Crippen molar-refractivity contribution in [2.45, 2.75) is 33.1 Å². The van der Waals surface area contributed by atoms with E-state index in [1.807, 2.05) is 0 Å². The van der Waals surface area contributed by atoms with E-state index in [1.54, 1.807) is 4.31 Å². The van der Waals surface area contributed by atoms with Crippen molar-refractivity contribution in [2.75, 3.05) is 45.5 Å². The summed E-state index contributed by atoms with van der Waals surface area (Å²) in [6.45, 7) is 9.02. The fraction of sp³-hybridized carbons (Fsp3) is 0.938. The lowest BCUT2D eigenvalue weighted by atomic mass is 9.60. The maximum atomic E-state index is 12.7. The SMILES string of the molecule is CC(C)CN1CC2(CCN(S(C)(=O)=O)CC2)[C@@]2(CCNC2=O)C1. The van der Waals surface area contributed by atoms with Crippen molar-refractivity contribution in [1.82, 2.24) is 14.5 Å². The zero-order valence-electron chi connectivity index (χ0n) is 14.5. The lowest BCUT2D eigenvalue weighted by Gasteiger charge is -2.46. The molecule has 3 aliphatic rings. The summed E-state index contributed by atoms with van der Waals surface area (Å²) in [6, 6.07) is 0. The Hall–Kier alpha value is -0.660. The number of rotatable bonds is 3. The number of likely N-dealkylation sites (tertiary alicyclic amines) is 1. The standard InChI is InChI=1S/C16H29N3O3S/c1-13(2)10-18-11-15(16(12-18)4-7-17-14(16)20)5-8-19(9-6-15)23(3,21)22/h13H,4-12H2,1-3H3,(H,17,20)/t16-/m0/s1. The van der Waals surface area contributed by atoms with Gasteiger partial charge in [-0.05, 0) is 25.2 Å². The van der Waals surface area contributed by atoms with Crippen molar-refractivity contribution in [3.05, 3.63) is 0 Å². The molecule has 132 valence electrons. The number of sulfonamides is 1. The minimum atomic E-state index is -3.13. The number of carbonyl (C=O) groups excluding carboxylic acids is 1. The second-order valence-electron chi connectivity index (χ2n) is 8.09. The first kappa shape index (κ1) is 17.2. The van der Waals surface area contributed by atoms with Crippen LogP contribution in [0.3, 0.4) is 0 Å². The number of nitrogens with zero attached hydrogens (tertiary/aromatic N) is 2. The van der Waals surface area contributed by atoms with Crippen LogP contribution in [-0.2, 0) is 14.8 Å². The summed E-state index contributed by atoms with van der Waals surface area (Å²) in [6.07, 6.45) is 3.76.